The Labute approximate surface area is 209 Å². The Hall–Kier alpha value is -3.60. The maximum Gasteiger partial charge on any atom is 0.229 e. The summed E-state index contributed by atoms with van der Waals surface area (Å²) < 4.78 is 0. The number of anilines is 3. The van der Waals surface area contributed by atoms with E-state index in [4.69, 9.17) is 0 Å². The normalized spacial score (nSPS) is 19.6. The number of amides is 2. The van der Waals surface area contributed by atoms with Crippen molar-refractivity contribution >= 4 is 28.9 Å². The monoisotopic (exact) mass is 469 g/mol. The third-order valence-electron chi connectivity index (χ3n) is 7.18. The van der Waals surface area contributed by atoms with Crippen molar-refractivity contribution in [2.75, 3.05) is 42.4 Å². The van der Waals surface area contributed by atoms with Gasteiger partial charge in [-0.3, -0.25) is 9.59 Å². The van der Waals surface area contributed by atoms with Crippen LogP contribution in [-0.4, -0.2) is 39.5 Å². The summed E-state index contributed by atoms with van der Waals surface area (Å²) in [6, 6.07) is 29.8. The van der Waals surface area contributed by atoms with Crippen molar-refractivity contribution in [2.45, 2.75) is 19.3 Å². The van der Waals surface area contributed by atoms with Crippen LogP contribution in [0.25, 0.3) is 0 Å². The van der Waals surface area contributed by atoms with E-state index in [2.05, 4.69) is 24.1 Å². The largest absolute Gasteiger partial charge is 0.374 e. The number of hydrogen-bond acceptors (Lipinski definition) is 3. The molecule has 4 rings (SSSR count). The zero-order valence-electron chi connectivity index (χ0n) is 20.9. The van der Waals surface area contributed by atoms with Gasteiger partial charge in [-0.15, -0.1) is 0 Å². The molecule has 2 amide bonds. The second-order valence-electron chi connectivity index (χ2n) is 9.65. The fourth-order valence-electron chi connectivity index (χ4n) is 5.27. The van der Waals surface area contributed by atoms with Gasteiger partial charge in [-0.25, -0.2) is 0 Å². The molecule has 2 unspecified atom stereocenters. The van der Waals surface area contributed by atoms with E-state index < -0.39 is 0 Å². The van der Waals surface area contributed by atoms with E-state index in [1.807, 2.05) is 93.0 Å². The van der Waals surface area contributed by atoms with E-state index in [1.165, 1.54) is 0 Å². The lowest BCUT2D eigenvalue weighted by molar-refractivity contribution is -0.128. The van der Waals surface area contributed by atoms with Crippen molar-refractivity contribution in [2.24, 2.45) is 17.8 Å². The number of carbonyl (C=O) groups excluding carboxylic acids is 2. The van der Waals surface area contributed by atoms with Crippen LogP contribution < -0.4 is 14.7 Å². The number of hydrogen-bond donors (Lipinski definition) is 0. The molecule has 0 saturated heterocycles. The molecule has 0 bridgehead atoms. The molecule has 2 atom stereocenters. The van der Waals surface area contributed by atoms with Gasteiger partial charge in [0, 0.05) is 56.6 Å². The zero-order chi connectivity index (χ0) is 24.8. The summed E-state index contributed by atoms with van der Waals surface area (Å²) in [4.78, 5) is 32.9. The molecule has 0 aliphatic heterocycles. The second-order valence-corrected chi connectivity index (χ2v) is 9.65. The van der Waals surface area contributed by atoms with Crippen molar-refractivity contribution in [3.8, 4) is 0 Å². The lowest BCUT2D eigenvalue weighted by atomic mass is 9.73. The van der Waals surface area contributed by atoms with Crippen molar-refractivity contribution in [3.05, 3.63) is 91.0 Å². The van der Waals surface area contributed by atoms with Crippen LogP contribution in [0.4, 0.5) is 17.1 Å². The first-order chi connectivity index (χ1) is 16.9. The predicted octanol–water partition coefficient (Wildman–Crippen LogP) is 5.48. The van der Waals surface area contributed by atoms with Crippen LogP contribution in [0.1, 0.15) is 19.3 Å². The van der Waals surface area contributed by atoms with Crippen molar-refractivity contribution in [3.63, 3.8) is 0 Å². The first-order valence-electron chi connectivity index (χ1n) is 12.4. The summed E-state index contributed by atoms with van der Waals surface area (Å²) in [7, 11) is 5.76. The van der Waals surface area contributed by atoms with Gasteiger partial charge in [-0.2, -0.15) is 0 Å². The average Bonchev–Trinajstić information content (AvgIpc) is 2.92. The molecule has 0 heterocycles. The fourth-order valence-corrected chi connectivity index (χ4v) is 5.27. The molecule has 1 saturated carbocycles. The Bertz CT molecular complexity index is 1040. The number of benzene rings is 3. The smallest absolute Gasteiger partial charge is 0.229 e. The number of nitrogens with zero attached hydrogens (tertiary/aromatic N) is 3. The second kappa shape index (κ2) is 11.2. The molecule has 0 aromatic heterocycles. The minimum absolute atomic E-state index is 0.0865. The van der Waals surface area contributed by atoms with E-state index in [0.717, 1.165) is 36.4 Å². The number of para-hydroxylation sites is 3. The summed E-state index contributed by atoms with van der Waals surface area (Å²) in [5.74, 6) is 0.0274. The van der Waals surface area contributed by atoms with Crippen LogP contribution in [0.3, 0.4) is 0 Å². The summed E-state index contributed by atoms with van der Waals surface area (Å²) in [5, 5.41) is 0. The van der Waals surface area contributed by atoms with Crippen LogP contribution in [0.2, 0.25) is 0 Å². The van der Waals surface area contributed by atoms with Crippen LogP contribution in [-0.2, 0) is 9.59 Å². The summed E-state index contributed by atoms with van der Waals surface area (Å²) >= 11 is 0. The van der Waals surface area contributed by atoms with Gasteiger partial charge in [0.1, 0.15) is 0 Å². The van der Waals surface area contributed by atoms with Crippen LogP contribution in [0.5, 0.6) is 0 Å². The molecule has 3 aromatic carbocycles. The maximum absolute atomic E-state index is 13.6. The molecule has 1 aliphatic rings. The van der Waals surface area contributed by atoms with Crippen LogP contribution >= 0.6 is 0 Å². The minimum atomic E-state index is -0.193. The molecule has 5 nitrogen and oxygen atoms in total. The standard InChI is InChI=1S/C30H35N3O2/c1-31(26-13-7-4-8-14-26)22-23-19-24(29(34)32(2)27-15-9-5-10-16-27)21-25(20-23)30(35)33(3)28-17-11-6-12-18-28/h4-18,23-25H,19-22H2,1-3H3. The third kappa shape index (κ3) is 5.91. The van der Waals surface area contributed by atoms with Crippen molar-refractivity contribution in [1.29, 1.82) is 0 Å². The highest BCUT2D eigenvalue weighted by Crippen LogP contribution is 2.37. The molecule has 182 valence electrons. The number of rotatable bonds is 7. The van der Waals surface area contributed by atoms with Gasteiger partial charge in [-0.05, 0) is 61.6 Å². The van der Waals surface area contributed by atoms with Gasteiger partial charge in [0.15, 0.2) is 0 Å². The lowest BCUT2D eigenvalue weighted by Gasteiger charge is -2.38. The van der Waals surface area contributed by atoms with Crippen LogP contribution in [0, 0.1) is 17.8 Å². The highest BCUT2D eigenvalue weighted by molar-refractivity contribution is 5.97. The van der Waals surface area contributed by atoms with E-state index in [0.29, 0.717) is 6.42 Å². The molecule has 1 fully saturated rings. The first-order valence-corrected chi connectivity index (χ1v) is 12.4. The molecular weight excluding hydrogens is 434 g/mol. The molecule has 1 aliphatic carbocycles. The number of carbonyl (C=O) groups is 2. The van der Waals surface area contributed by atoms with Crippen molar-refractivity contribution in [1.82, 2.24) is 0 Å². The minimum Gasteiger partial charge on any atom is -0.374 e. The molecule has 5 heteroatoms. The molecule has 35 heavy (non-hydrogen) atoms. The molecular formula is C30H35N3O2. The molecule has 0 spiro atoms. The topological polar surface area (TPSA) is 43.9 Å². The maximum atomic E-state index is 13.6. The highest BCUT2D eigenvalue weighted by Gasteiger charge is 2.39. The summed E-state index contributed by atoms with van der Waals surface area (Å²) in [6.45, 7) is 0.807. The Morgan fingerprint density at radius 2 is 0.971 bits per heavy atom. The Morgan fingerprint density at radius 3 is 1.37 bits per heavy atom. The van der Waals surface area contributed by atoms with Crippen molar-refractivity contribution < 1.29 is 9.59 Å². The van der Waals surface area contributed by atoms with Gasteiger partial charge in [-0.1, -0.05) is 54.6 Å². The Morgan fingerprint density at radius 1 is 0.600 bits per heavy atom. The van der Waals surface area contributed by atoms with Crippen LogP contribution in [0.15, 0.2) is 91.0 Å². The Balaban J connectivity index is 1.55. The summed E-state index contributed by atoms with van der Waals surface area (Å²) in [6.07, 6.45) is 2.15. The lowest BCUT2D eigenvalue weighted by Crippen LogP contribution is -2.44. The highest BCUT2D eigenvalue weighted by atomic mass is 16.2. The van der Waals surface area contributed by atoms with E-state index >= 15 is 0 Å². The third-order valence-corrected chi connectivity index (χ3v) is 7.18. The van der Waals surface area contributed by atoms with E-state index in [9.17, 15) is 9.59 Å². The molecule has 0 radical (unpaired) electrons. The molecule has 3 aromatic rings. The fraction of sp³-hybridized carbons (Fsp3) is 0.333. The first kappa shape index (κ1) is 24.5. The average molecular weight is 470 g/mol. The van der Waals surface area contributed by atoms with Gasteiger partial charge in [0.2, 0.25) is 11.8 Å². The van der Waals surface area contributed by atoms with Gasteiger partial charge < -0.3 is 14.7 Å². The summed E-state index contributed by atoms with van der Waals surface area (Å²) in [5.41, 5.74) is 2.90. The van der Waals surface area contributed by atoms with Gasteiger partial charge >= 0.3 is 0 Å². The molecule has 0 N–H and O–H groups in total. The van der Waals surface area contributed by atoms with E-state index in [1.54, 1.807) is 9.80 Å². The van der Waals surface area contributed by atoms with E-state index in [-0.39, 0.29) is 29.6 Å². The van der Waals surface area contributed by atoms with Gasteiger partial charge in [0.05, 0.1) is 0 Å². The van der Waals surface area contributed by atoms with Gasteiger partial charge in [0.25, 0.3) is 0 Å². The SMILES string of the molecule is CN(CC1CC(C(=O)N(C)c2ccccc2)CC(C(=O)N(C)c2ccccc2)C1)c1ccccc1. The predicted molar refractivity (Wildman–Crippen MR) is 144 cm³/mol. The Kier molecular flexibility index (Phi) is 7.86. The quantitative estimate of drug-likeness (QED) is 0.460. The zero-order valence-corrected chi connectivity index (χ0v) is 20.9.